The van der Waals surface area contributed by atoms with Gasteiger partial charge < -0.3 is 20.3 Å². The molecule has 2 aromatic rings. The van der Waals surface area contributed by atoms with E-state index in [-0.39, 0.29) is 30.5 Å². The Bertz CT molecular complexity index is 909. The van der Waals surface area contributed by atoms with Gasteiger partial charge in [0.1, 0.15) is 5.75 Å². The maximum atomic E-state index is 12.5. The van der Waals surface area contributed by atoms with E-state index >= 15 is 0 Å². The van der Waals surface area contributed by atoms with Crippen LogP contribution in [0.4, 0.5) is 29.3 Å². The van der Waals surface area contributed by atoms with Crippen LogP contribution in [0.5, 0.6) is 5.75 Å². The molecule has 1 heterocycles. The normalized spacial score (nSPS) is 14.4. The first-order valence-electron chi connectivity index (χ1n) is 10.6. The molecule has 172 valence electrons. The third-order valence-electron chi connectivity index (χ3n) is 5.13. The number of likely N-dealkylation sites (tertiary alicyclic amines) is 1. The van der Waals surface area contributed by atoms with Crippen LogP contribution in [0.2, 0.25) is 0 Å². The van der Waals surface area contributed by atoms with E-state index in [4.69, 9.17) is 0 Å². The van der Waals surface area contributed by atoms with Crippen molar-refractivity contribution < 1.29 is 27.5 Å². The number of carbonyl (C=O) groups excluding carboxylic acids is 2. The van der Waals surface area contributed by atoms with E-state index in [0.717, 1.165) is 38.8 Å². The zero-order chi connectivity index (χ0) is 23.0. The summed E-state index contributed by atoms with van der Waals surface area (Å²) < 4.78 is 41.5. The maximum Gasteiger partial charge on any atom is 0.573 e. The number of nitrogens with one attached hydrogen (secondary N) is 2. The van der Waals surface area contributed by atoms with Gasteiger partial charge in [0, 0.05) is 30.9 Å². The molecule has 0 aliphatic carbocycles. The van der Waals surface area contributed by atoms with Crippen LogP contribution in [0.1, 0.15) is 37.7 Å². The molecule has 1 aliphatic rings. The summed E-state index contributed by atoms with van der Waals surface area (Å²) in [6.45, 7) is 1.49. The summed E-state index contributed by atoms with van der Waals surface area (Å²) in [7, 11) is 0. The minimum absolute atomic E-state index is 0.00826. The molecular weight excluding hydrogens is 423 g/mol. The molecule has 0 unspecified atom stereocenters. The summed E-state index contributed by atoms with van der Waals surface area (Å²) in [6.07, 6.45) is -0.412. The Hall–Kier alpha value is -3.23. The van der Waals surface area contributed by atoms with Gasteiger partial charge in [-0.1, -0.05) is 31.0 Å². The van der Waals surface area contributed by atoms with Crippen LogP contribution < -0.4 is 15.4 Å². The van der Waals surface area contributed by atoms with Gasteiger partial charge in [0.2, 0.25) is 5.91 Å². The number of aryl methyl sites for hydroxylation is 1. The second-order valence-corrected chi connectivity index (χ2v) is 7.61. The Balaban J connectivity index is 1.49. The second-order valence-electron chi connectivity index (χ2n) is 7.61. The van der Waals surface area contributed by atoms with E-state index in [1.807, 2.05) is 4.90 Å². The van der Waals surface area contributed by atoms with E-state index < -0.39 is 6.36 Å². The van der Waals surface area contributed by atoms with Gasteiger partial charge in [-0.05, 0) is 55.2 Å². The fourth-order valence-electron chi connectivity index (χ4n) is 3.52. The van der Waals surface area contributed by atoms with Crippen molar-refractivity contribution in [1.29, 1.82) is 0 Å². The highest BCUT2D eigenvalue weighted by molar-refractivity contribution is 5.92. The summed E-state index contributed by atoms with van der Waals surface area (Å²) in [5.41, 5.74) is 1.45. The van der Waals surface area contributed by atoms with Crippen molar-refractivity contribution in [3.05, 3.63) is 54.1 Å². The Morgan fingerprint density at radius 1 is 0.875 bits per heavy atom. The van der Waals surface area contributed by atoms with Crippen LogP contribution in [0.3, 0.4) is 0 Å². The van der Waals surface area contributed by atoms with Gasteiger partial charge in [0.25, 0.3) is 0 Å². The van der Waals surface area contributed by atoms with Gasteiger partial charge in [-0.25, -0.2) is 4.79 Å². The van der Waals surface area contributed by atoms with Crippen molar-refractivity contribution >= 4 is 23.3 Å². The number of hydrogen-bond donors (Lipinski definition) is 2. The molecule has 2 N–H and O–H groups in total. The first-order chi connectivity index (χ1) is 15.3. The van der Waals surface area contributed by atoms with E-state index in [1.165, 1.54) is 18.2 Å². The van der Waals surface area contributed by atoms with E-state index in [1.54, 1.807) is 30.3 Å². The first-order valence-corrected chi connectivity index (χ1v) is 10.6. The molecule has 32 heavy (non-hydrogen) atoms. The van der Waals surface area contributed by atoms with E-state index in [0.29, 0.717) is 16.9 Å². The van der Waals surface area contributed by atoms with Gasteiger partial charge in [-0.15, -0.1) is 13.2 Å². The summed E-state index contributed by atoms with van der Waals surface area (Å²) in [5.74, 6) is -0.648. The minimum Gasteiger partial charge on any atom is -0.406 e. The third kappa shape index (κ3) is 7.47. The van der Waals surface area contributed by atoms with Crippen molar-refractivity contribution in [1.82, 2.24) is 4.90 Å². The minimum atomic E-state index is -4.79. The molecule has 1 fully saturated rings. The SMILES string of the molecule is O=C(CCc1ccccc1OC(F)(F)F)Nc1ccc(NC(=O)N2CCCCCC2)cc1. The van der Waals surface area contributed by atoms with Crippen molar-refractivity contribution in [2.45, 2.75) is 44.9 Å². The first kappa shape index (κ1) is 23.4. The molecule has 0 aromatic heterocycles. The lowest BCUT2D eigenvalue weighted by atomic mass is 10.1. The van der Waals surface area contributed by atoms with Crippen LogP contribution >= 0.6 is 0 Å². The second kappa shape index (κ2) is 10.9. The number of urea groups is 1. The Morgan fingerprint density at radius 2 is 1.47 bits per heavy atom. The predicted molar refractivity (Wildman–Crippen MR) is 116 cm³/mol. The van der Waals surface area contributed by atoms with Crippen molar-refractivity contribution in [3.8, 4) is 5.75 Å². The number of hydrogen-bond acceptors (Lipinski definition) is 3. The van der Waals surface area contributed by atoms with Crippen LogP contribution in [-0.4, -0.2) is 36.3 Å². The number of halogens is 3. The number of ether oxygens (including phenoxy) is 1. The van der Waals surface area contributed by atoms with Crippen LogP contribution in [-0.2, 0) is 11.2 Å². The maximum absolute atomic E-state index is 12.5. The lowest BCUT2D eigenvalue weighted by Crippen LogP contribution is -2.35. The molecule has 1 saturated heterocycles. The molecule has 3 amide bonds. The molecule has 2 aromatic carbocycles. The number of alkyl halides is 3. The molecule has 9 heteroatoms. The Morgan fingerprint density at radius 3 is 2.09 bits per heavy atom. The van der Waals surface area contributed by atoms with Crippen LogP contribution in [0, 0.1) is 0 Å². The van der Waals surface area contributed by atoms with Crippen molar-refractivity contribution in [3.63, 3.8) is 0 Å². The molecule has 1 aliphatic heterocycles. The molecule has 0 saturated carbocycles. The fraction of sp³-hybridized carbons (Fsp3) is 0.391. The highest BCUT2D eigenvalue weighted by Gasteiger charge is 2.32. The van der Waals surface area contributed by atoms with Gasteiger partial charge in [-0.3, -0.25) is 4.79 Å². The standard InChI is InChI=1S/C23H26F3N3O3/c24-23(25,26)32-20-8-4-3-7-17(20)9-14-21(30)27-18-10-12-19(13-11-18)28-22(31)29-15-5-1-2-6-16-29/h3-4,7-8,10-13H,1-2,5-6,9,14-16H2,(H,27,30)(H,28,31). The number of carbonyl (C=O) groups is 2. The lowest BCUT2D eigenvalue weighted by molar-refractivity contribution is -0.274. The summed E-state index contributed by atoms with van der Waals surface area (Å²) in [5, 5.41) is 5.57. The molecule has 0 spiro atoms. The number of benzene rings is 2. The number of para-hydroxylation sites is 1. The molecule has 0 radical (unpaired) electrons. The molecule has 0 bridgehead atoms. The number of anilines is 2. The average molecular weight is 449 g/mol. The van der Waals surface area contributed by atoms with Gasteiger partial charge in [-0.2, -0.15) is 0 Å². The van der Waals surface area contributed by atoms with Crippen LogP contribution in [0.15, 0.2) is 48.5 Å². The smallest absolute Gasteiger partial charge is 0.406 e. The topological polar surface area (TPSA) is 70.7 Å². The Kier molecular flexibility index (Phi) is 7.97. The zero-order valence-electron chi connectivity index (χ0n) is 17.6. The summed E-state index contributed by atoms with van der Waals surface area (Å²) >= 11 is 0. The van der Waals surface area contributed by atoms with Crippen LogP contribution in [0.25, 0.3) is 0 Å². The molecule has 6 nitrogen and oxygen atoms in total. The van der Waals surface area contributed by atoms with E-state index in [9.17, 15) is 22.8 Å². The highest BCUT2D eigenvalue weighted by atomic mass is 19.4. The van der Waals surface area contributed by atoms with E-state index in [2.05, 4.69) is 15.4 Å². The Labute approximate surface area is 184 Å². The summed E-state index contributed by atoms with van der Waals surface area (Å²) in [4.78, 5) is 26.4. The molecular formula is C23H26F3N3O3. The van der Waals surface area contributed by atoms with Gasteiger partial charge in [0.05, 0.1) is 0 Å². The zero-order valence-corrected chi connectivity index (χ0v) is 17.6. The number of nitrogens with zero attached hydrogens (tertiary/aromatic N) is 1. The van der Waals surface area contributed by atoms with Crippen molar-refractivity contribution in [2.75, 3.05) is 23.7 Å². The fourth-order valence-corrected chi connectivity index (χ4v) is 3.52. The molecule has 3 rings (SSSR count). The number of amides is 3. The lowest BCUT2D eigenvalue weighted by Gasteiger charge is -2.20. The predicted octanol–water partition coefficient (Wildman–Crippen LogP) is 5.56. The van der Waals surface area contributed by atoms with Gasteiger partial charge >= 0.3 is 12.4 Å². The summed E-state index contributed by atoms with van der Waals surface area (Å²) in [6, 6.07) is 12.3. The third-order valence-corrected chi connectivity index (χ3v) is 5.13. The van der Waals surface area contributed by atoms with Crippen molar-refractivity contribution in [2.24, 2.45) is 0 Å². The average Bonchev–Trinajstić information content (AvgIpc) is 3.03. The quantitative estimate of drug-likeness (QED) is 0.606. The van der Waals surface area contributed by atoms with Gasteiger partial charge in [0.15, 0.2) is 0 Å². The number of rotatable bonds is 6. The molecule has 0 atom stereocenters. The monoisotopic (exact) mass is 449 g/mol. The highest BCUT2D eigenvalue weighted by Crippen LogP contribution is 2.27. The largest absolute Gasteiger partial charge is 0.573 e.